The summed E-state index contributed by atoms with van der Waals surface area (Å²) < 4.78 is 1.86. The van der Waals surface area contributed by atoms with Gasteiger partial charge in [0.1, 0.15) is 0 Å². The highest BCUT2D eigenvalue weighted by Gasteiger charge is 2.15. The van der Waals surface area contributed by atoms with Gasteiger partial charge in [0.25, 0.3) is 0 Å². The molecule has 1 aromatic heterocycles. The van der Waals surface area contributed by atoms with Crippen LogP contribution in [0.4, 0.5) is 0 Å². The maximum atomic E-state index is 4.29. The molecule has 0 saturated carbocycles. The number of rotatable bonds is 6. The normalized spacial score (nSPS) is 12.8. The molecule has 0 aliphatic rings. The zero-order chi connectivity index (χ0) is 14.5. The van der Waals surface area contributed by atoms with Gasteiger partial charge >= 0.3 is 0 Å². The third-order valence-corrected chi connectivity index (χ3v) is 3.59. The summed E-state index contributed by atoms with van der Waals surface area (Å²) >= 11 is 0. The molecule has 1 heterocycles. The Hall–Kier alpha value is -1.61. The van der Waals surface area contributed by atoms with Gasteiger partial charge < -0.3 is 5.32 Å². The Morgan fingerprint density at radius 3 is 2.25 bits per heavy atom. The van der Waals surface area contributed by atoms with E-state index in [1.807, 2.05) is 17.9 Å². The van der Waals surface area contributed by atoms with Crippen molar-refractivity contribution in [3.63, 3.8) is 0 Å². The number of benzene rings is 1. The molecule has 0 bridgehead atoms. The van der Waals surface area contributed by atoms with E-state index in [1.54, 1.807) is 0 Å². The molecule has 3 heteroatoms. The number of nitrogens with one attached hydrogen (secondary N) is 1. The summed E-state index contributed by atoms with van der Waals surface area (Å²) in [6, 6.07) is 9.16. The van der Waals surface area contributed by atoms with Gasteiger partial charge in [0.2, 0.25) is 0 Å². The molecule has 1 N–H and O–H groups in total. The van der Waals surface area contributed by atoms with Crippen molar-refractivity contribution in [3.05, 3.63) is 53.3 Å². The van der Waals surface area contributed by atoms with Gasteiger partial charge in [0.15, 0.2) is 0 Å². The van der Waals surface area contributed by atoms with Crippen LogP contribution in [0.1, 0.15) is 55.8 Å². The molecule has 2 aromatic rings. The van der Waals surface area contributed by atoms with Gasteiger partial charge in [-0.25, -0.2) is 0 Å². The molecule has 1 unspecified atom stereocenters. The van der Waals surface area contributed by atoms with Crippen LogP contribution in [-0.2, 0) is 7.05 Å². The highest BCUT2D eigenvalue weighted by molar-refractivity contribution is 5.32. The predicted molar refractivity (Wildman–Crippen MR) is 83.9 cm³/mol. The first kappa shape index (κ1) is 14.8. The largest absolute Gasteiger partial charge is 0.306 e. The van der Waals surface area contributed by atoms with E-state index in [9.17, 15) is 0 Å². The highest BCUT2D eigenvalue weighted by Crippen LogP contribution is 2.24. The molecule has 1 atom stereocenters. The Morgan fingerprint density at radius 1 is 1.10 bits per heavy atom. The molecule has 1 aromatic carbocycles. The summed E-state index contributed by atoms with van der Waals surface area (Å²) in [6.07, 6.45) is 5.16. The Morgan fingerprint density at radius 2 is 1.75 bits per heavy atom. The summed E-state index contributed by atoms with van der Waals surface area (Å²) in [5.41, 5.74) is 3.91. The first-order chi connectivity index (χ1) is 9.61. The molecule has 0 fully saturated rings. The number of hydrogen-bond donors (Lipinski definition) is 1. The molecule has 0 amide bonds. The third-order valence-electron chi connectivity index (χ3n) is 3.59. The van der Waals surface area contributed by atoms with Gasteiger partial charge in [0.05, 0.1) is 12.2 Å². The van der Waals surface area contributed by atoms with E-state index in [2.05, 4.69) is 61.6 Å². The van der Waals surface area contributed by atoms with Crippen molar-refractivity contribution in [1.82, 2.24) is 15.1 Å². The predicted octanol–water partition coefficient (Wildman–Crippen LogP) is 3.63. The second kappa shape index (κ2) is 6.71. The molecular weight excluding hydrogens is 246 g/mol. The maximum absolute atomic E-state index is 4.29. The summed E-state index contributed by atoms with van der Waals surface area (Å²) in [5.74, 6) is 0.574. The van der Waals surface area contributed by atoms with Crippen molar-refractivity contribution in [3.8, 4) is 0 Å². The number of nitrogens with zero attached hydrogens (tertiary/aromatic N) is 2. The van der Waals surface area contributed by atoms with Gasteiger partial charge in [0, 0.05) is 18.8 Å². The van der Waals surface area contributed by atoms with Gasteiger partial charge in [-0.1, -0.05) is 45.0 Å². The van der Waals surface area contributed by atoms with Crippen molar-refractivity contribution in [1.29, 1.82) is 0 Å². The van der Waals surface area contributed by atoms with Crippen molar-refractivity contribution in [2.45, 2.75) is 39.2 Å². The zero-order valence-electron chi connectivity index (χ0n) is 12.9. The lowest BCUT2D eigenvalue weighted by Gasteiger charge is -2.18. The maximum Gasteiger partial charge on any atom is 0.0607 e. The zero-order valence-corrected chi connectivity index (χ0v) is 12.9. The number of aromatic nitrogens is 2. The van der Waals surface area contributed by atoms with Crippen LogP contribution in [0.25, 0.3) is 0 Å². The van der Waals surface area contributed by atoms with E-state index in [-0.39, 0.29) is 6.04 Å². The molecule has 0 spiro atoms. The Labute approximate surface area is 122 Å². The molecule has 108 valence electrons. The van der Waals surface area contributed by atoms with Crippen LogP contribution in [0, 0.1) is 0 Å². The molecule has 20 heavy (non-hydrogen) atoms. The smallest absolute Gasteiger partial charge is 0.0607 e. The quantitative estimate of drug-likeness (QED) is 0.869. The van der Waals surface area contributed by atoms with Gasteiger partial charge in [-0.3, -0.25) is 4.68 Å². The standard InChI is InChI=1S/C17H25N3/c1-5-10-18-17(16-11-19-20(4)12-16)15-8-6-14(7-9-15)13(2)3/h6-9,11-13,17-18H,5,10H2,1-4H3. The van der Waals surface area contributed by atoms with Crippen LogP contribution in [-0.4, -0.2) is 16.3 Å². The van der Waals surface area contributed by atoms with Gasteiger partial charge in [-0.15, -0.1) is 0 Å². The monoisotopic (exact) mass is 271 g/mol. The lowest BCUT2D eigenvalue weighted by Crippen LogP contribution is -2.22. The SMILES string of the molecule is CCCNC(c1ccc(C(C)C)cc1)c1cnn(C)c1. The van der Waals surface area contributed by atoms with E-state index in [4.69, 9.17) is 0 Å². The van der Waals surface area contributed by atoms with E-state index < -0.39 is 0 Å². The van der Waals surface area contributed by atoms with Crippen LogP contribution in [0.5, 0.6) is 0 Å². The molecule has 0 aliphatic carbocycles. The second-order valence-electron chi connectivity index (χ2n) is 5.66. The fourth-order valence-corrected chi connectivity index (χ4v) is 2.38. The van der Waals surface area contributed by atoms with Crippen LogP contribution in [0.3, 0.4) is 0 Å². The first-order valence-corrected chi connectivity index (χ1v) is 7.43. The first-order valence-electron chi connectivity index (χ1n) is 7.43. The van der Waals surface area contributed by atoms with E-state index in [0.29, 0.717) is 5.92 Å². The fourth-order valence-electron chi connectivity index (χ4n) is 2.38. The summed E-state index contributed by atoms with van der Waals surface area (Å²) in [6.45, 7) is 7.65. The van der Waals surface area contributed by atoms with Gasteiger partial charge in [-0.2, -0.15) is 5.10 Å². The average molecular weight is 271 g/mol. The van der Waals surface area contributed by atoms with E-state index in [1.165, 1.54) is 16.7 Å². The van der Waals surface area contributed by atoms with Crippen LogP contribution < -0.4 is 5.32 Å². The highest BCUT2D eigenvalue weighted by atomic mass is 15.2. The molecule has 3 nitrogen and oxygen atoms in total. The minimum absolute atomic E-state index is 0.227. The van der Waals surface area contributed by atoms with Crippen LogP contribution in [0.15, 0.2) is 36.7 Å². The third kappa shape index (κ3) is 3.48. The van der Waals surface area contributed by atoms with Crippen molar-refractivity contribution in [2.24, 2.45) is 7.05 Å². The van der Waals surface area contributed by atoms with Crippen molar-refractivity contribution >= 4 is 0 Å². The minimum atomic E-state index is 0.227. The number of hydrogen-bond acceptors (Lipinski definition) is 2. The van der Waals surface area contributed by atoms with Crippen LogP contribution >= 0.6 is 0 Å². The average Bonchev–Trinajstić information content (AvgIpc) is 2.86. The van der Waals surface area contributed by atoms with Crippen LogP contribution in [0.2, 0.25) is 0 Å². The number of aryl methyl sites for hydroxylation is 1. The Balaban J connectivity index is 2.26. The summed E-state index contributed by atoms with van der Waals surface area (Å²) in [4.78, 5) is 0. The molecule has 2 rings (SSSR count). The van der Waals surface area contributed by atoms with E-state index >= 15 is 0 Å². The minimum Gasteiger partial charge on any atom is -0.306 e. The Bertz CT molecular complexity index is 525. The van der Waals surface area contributed by atoms with E-state index in [0.717, 1.165) is 13.0 Å². The molecule has 0 aliphatic heterocycles. The summed E-state index contributed by atoms with van der Waals surface area (Å²) in [7, 11) is 1.96. The van der Waals surface area contributed by atoms with Crippen molar-refractivity contribution < 1.29 is 0 Å². The van der Waals surface area contributed by atoms with Gasteiger partial charge in [-0.05, 0) is 30.0 Å². The lowest BCUT2D eigenvalue weighted by atomic mass is 9.96. The molecule has 0 radical (unpaired) electrons. The molecule has 0 saturated heterocycles. The second-order valence-corrected chi connectivity index (χ2v) is 5.66. The molecular formula is C17H25N3. The topological polar surface area (TPSA) is 29.9 Å². The fraction of sp³-hybridized carbons (Fsp3) is 0.471. The summed E-state index contributed by atoms with van der Waals surface area (Å²) in [5, 5.41) is 7.90. The Kier molecular flexibility index (Phi) is 4.96. The lowest BCUT2D eigenvalue weighted by molar-refractivity contribution is 0.597. The van der Waals surface area contributed by atoms with Crippen molar-refractivity contribution in [2.75, 3.05) is 6.54 Å².